The van der Waals surface area contributed by atoms with Gasteiger partial charge >= 0.3 is 6.36 Å². The summed E-state index contributed by atoms with van der Waals surface area (Å²) in [6.07, 6.45) is -4.72. The number of alkyl halides is 3. The van der Waals surface area contributed by atoms with Crippen LogP contribution in [0.4, 0.5) is 13.2 Å². The molecule has 1 aromatic carbocycles. The molecule has 1 aromatic rings. The molecule has 0 aliphatic rings. The molecule has 82 valence electrons. The van der Waals surface area contributed by atoms with Gasteiger partial charge in [-0.25, -0.2) is 0 Å². The topological polar surface area (TPSA) is 35.5 Å². The van der Waals surface area contributed by atoms with Gasteiger partial charge in [0.2, 0.25) is 0 Å². The zero-order chi connectivity index (χ0) is 11.3. The van der Waals surface area contributed by atoms with Gasteiger partial charge in [0, 0.05) is 0 Å². The van der Waals surface area contributed by atoms with Crippen LogP contribution >= 0.6 is 0 Å². The molecule has 0 radical (unpaired) electrons. The maximum Gasteiger partial charge on any atom is 0.573 e. The fourth-order valence-corrected chi connectivity index (χ4v) is 0.963. The van der Waals surface area contributed by atoms with Gasteiger partial charge in [-0.2, -0.15) is 0 Å². The lowest BCUT2D eigenvalue weighted by Gasteiger charge is -2.09. The number of carbonyl (C=O) groups is 1. The van der Waals surface area contributed by atoms with Crippen molar-refractivity contribution < 1.29 is 27.4 Å². The lowest BCUT2D eigenvalue weighted by Crippen LogP contribution is -2.17. The number of ether oxygens (including phenoxy) is 2. The van der Waals surface area contributed by atoms with Crippen molar-refractivity contribution in [1.82, 2.24) is 0 Å². The molecule has 0 heterocycles. The molecule has 0 atom stereocenters. The zero-order valence-corrected chi connectivity index (χ0v) is 7.45. The molecule has 15 heavy (non-hydrogen) atoms. The molecule has 0 fully saturated rings. The summed E-state index contributed by atoms with van der Waals surface area (Å²) in [4.78, 5) is 9.86. The molecular weight excluding hydrogens is 213 g/mol. The van der Waals surface area contributed by atoms with Crippen LogP contribution in [-0.4, -0.2) is 12.8 Å². The number of halogens is 3. The van der Waals surface area contributed by atoms with Gasteiger partial charge in [0.15, 0.2) is 0 Å². The highest BCUT2D eigenvalue weighted by molar-refractivity contribution is 5.38. The first kappa shape index (κ1) is 11.4. The van der Waals surface area contributed by atoms with E-state index in [1.165, 1.54) is 12.1 Å². The molecule has 0 spiro atoms. The molecule has 0 aliphatic carbocycles. The van der Waals surface area contributed by atoms with E-state index in [-0.39, 0.29) is 18.8 Å². The Morgan fingerprint density at radius 1 is 1.33 bits per heavy atom. The smallest absolute Gasteiger partial charge is 0.463 e. The number of carbonyl (C=O) groups excluding carboxylic acids is 1. The van der Waals surface area contributed by atoms with Crippen molar-refractivity contribution in [2.45, 2.75) is 13.0 Å². The maximum absolute atomic E-state index is 11.8. The maximum atomic E-state index is 11.8. The van der Waals surface area contributed by atoms with E-state index in [4.69, 9.17) is 0 Å². The van der Waals surface area contributed by atoms with Crippen molar-refractivity contribution >= 4 is 6.47 Å². The summed E-state index contributed by atoms with van der Waals surface area (Å²) in [5.74, 6) is -0.338. The predicted octanol–water partition coefficient (Wildman–Crippen LogP) is 2.26. The van der Waals surface area contributed by atoms with E-state index in [0.29, 0.717) is 5.56 Å². The van der Waals surface area contributed by atoms with Crippen LogP contribution in [0.2, 0.25) is 0 Å². The van der Waals surface area contributed by atoms with Crippen molar-refractivity contribution in [3.05, 3.63) is 29.8 Å². The van der Waals surface area contributed by atoms with Crippen LogP contribution in [-0.2, 0) is 16.1 Å². The van der Waals surface area contributed by atoms with Crippen molar-refractivity contribution in [3.63, 3.8) is 0 Å². The first-order chi connectivity index (χ1) is 7.01. The Labute approximate surface area is 83.4 Å². The average molecular weight is 220 g/mol. The Morgan fingerprint density at radius 3 is 2.67 bits per heavy atom. The van der Waals surface area contributed by atoms with Crippen molar-refractivity contribution in [2.24, 2.45) is 0 Å². The van der Waals surface area contributed by atoms with Crippen LogP contribution in [0.1, 0.15) is 5.56 Å². The lowest BCUT2D eigenvalue weighted by molar-refractivity contribution is -0.274. The summed E-state index contributed by atoms with van der Waals surface area (Å²) in [6, 6.07) is 5.21. The molecule has 0 aromatic heterocycles. The van der Waals surface area contributed by atoms with E-state index < -0.39 is 6.36 Å². The van der Waals surface area contributed by atoms with E-state index in [0.717, 1.165) is 12.1 Å². The molecule has 6 heteroatoms. The Hall–Kier alpha value is -1.72. The number of benzene rings is 1. The third kappa shape index (κ3) is 4.35. The summed E-state index contributed by atoms with van der Waals surface area (Å²) >= 11 is 0. The third-order valence-corrected chi connectivity index (χ3v) is 1.45. The van der Waals surface area contributed by atoms with E-state index in [1.807, 2.05) is 0 Å². The molecule has 0 saturated carbocycles. The van der Waals surface area contributed by atoms with E-state index in [9.17, 15) is 18.0 Å². The normalized spacial score (nSPS) is 10.9. The van der Waals surface area contributed by atoms with Crippen LogP contribution in [0, 0.1) is 0 Å². The van der Waals surface area contributed by atoms with E-state index in [1.54, 1.807) is 0 Å². The summed E-state index contributed by atoms with van der Waals surface area (Å²) < 4.78 is 43.5. The van der Waals surface area contributed by atoms with E-state index >= 15 is 0 Å². The Morgan fingerprint density at radius 2 is 2.07 bits per heavy atom. The summed E-state index contributed by atoms with van der Waals surface area (Å²) in [5.41, 5.74) is 0.420. The van der Waals surface area contributed by atoms with Gasteiger partial charge in [-0.1, -0.05) is 12.1 Å². The molecule has 0 aliphatic heterocycles. The molecule has 3 nitrogen and oxygen atoms in total. The largest absolute Gasteiger partial charge is 0.573 e. The second-order valence-corrected chi connectivity index (χ2v) is 2.60. The number of rotatable bonds is 4. The fourth-order valence-electron chi connectivity index (χ4n) is 0.963. The second-order valence-electron chi connectivity index (χ2n) is 2.60. The van der Waals surface area contributed by atoms with Crippen molar-refractivity contribution in [2.75, 3.05) is 0 Å². The monoisotopic (exact) mass is 220 g/mol. The highest BCUT2D eigenvalue weighted by atomic mass is 19.4. The lowest BCUT2D eigenvalue weighted by atomic mass is 10.2. The minimum atomic E-state index is -4.72. The van der Waals surface area contributed by atoms with Crippen LogP contribution < -0.4 is 4.74 Å². The Balaban J connectivity index is 2.69. The van der Waals surface area contributed by atoms with Gasteiger partial charge in [0.1, 0.15) is 12.4 Å². The van der Waals surface area contributed by atoms with Gasteiger partial charge in [-0.3, -0.25) is 4.79 Å². The van der Waals surface area contributed by atoms with E-state index in [2.05, 4.69) is 9.47 Å². The van der Waals surface area contributed by atoms with Crippen LogP contribution in [0.15, 0.2) is 24.3 Å². The minimum Gasteiger partial charge on any atom is -0.463 e. The summed E-state index contributed by atoms with van der Waals surface area (Å²) in [6.45, 7) is 0.135. The van der Waals surface area contributed by atoms with Gasteiger partial charge in [-0.05, 0) is 17.7 Å². The summed E-state index contributed by atoms with van der Waals surface area (Å²) in [7, 11) is 0. The number of hydrogen-bond acceptors (Lipinski definition) is 3. The first-order valence-corrected chi connectivity index (χ1v) is 3.91. The van der Waals surface area contributed by atoms with Gasteiger partial charge in [-0.15, -0.1) is 13.2 Å². The highest BCUT2D eigenvalue weighted by Gasteiger charge is 2.31. The molecule has 0 N–H and O–H groups in total. The first-order valence-electron chi connectivity index (χ1n) is 3.91. The quantitative estimate of drug-likeness (QED) is 0.730. The van der Waals surface area contributed by atoms with Crippen LogP contribution in [0.25, 0.3) is 0 Å². The van der Waals surface area contributed by atoms with Crippen molar-refractivity contribution in [3.8, 4) is 5.75 Å². The second kappa shape index (κ2) is 4.68. The Kier molecular flexibility index (Phi) is 3.54. The molecule has 0 unspecified atom stereocenters. The average Bonchev–Trinajstić information content (AvgIpc) is 2.12. The molecule has 0 saturated heterocycles. The third-order valence-electron chi connectivity index (χ3n) is 1.45. The molecular formula is C9H7F3O3. The predicted molar refractivity (Wildman–Crippen MR) is 44.0 cm³/mol. The fraction of sp³-hybridized carbons (Fsp3) is 0.222. The highest BCUT2D eigenvalue weighted by Crippen LogP contribution is 2.23. The molecule has 0 amide bonds. The minimum absolute atomic E-state index is 0.0848. The van der Waals surface area contributed by atoms with Gasteiger partial charge < -0.3 is 9.47 Å². The summed E-state index contributed by atoms with van der Waals surface area (Å²) in [5, 5.41) is 0. The van der Waals surface area contributed by atoms with Crippen LogP contribution in [0.3, 0.4) is 0 Å². The SMILES string of the molecule is O=COCc1cccc(OC(F)(F)F)c1. The van der Waals surface area contributed by atoms with Gasteiger partial charge in [0.05, 0.1) is 0 Å². The number of hydrogen-bond donors (Lipinski definition) is 0. The molecule has 0 bridgehead atoms. The Bertz CT molecular complexity index is 336. The standard InChI is InChI=1S/C9H7F3O3/c10-9(11,12)15-8-3-1-2-7(4-8)5-14-6-13/h1-4,6H,5H2. The van der Waals surface area contributed by atoms with Gasteiger partial charge in [0.25, 0.3) is 6.47 Å². The zero-order valence-electron chi connectivity index (χ0n) is 7.45. The van der Waals surface area contributed by atoms with Crippen LogP contribution in [0.5, 0.6) is 5.75 Å². The van der Waals surface area contributed by atoms with Crippen molar-refractivity contribution in [1.29, 1.82) is 0 Å². The molecule has 1 rings (SSSR count).